The first-order valence-corrected chi connectivity index (χ1v) is 13.8. The summed E-state index contributed by atoms with van der Waals surface area (Å²) < 4.78 is 17.1. The minimum absolute atomic E-state index is 0.0432. The molecule has 1 N–H and O–H groups in total. The van der Waals surface area contributed by atoms with Gasteiger partial charge in [0.05, 0.1) is 25.3 Å². The number of methoxy groups -OCH3 is 1. The van der Waals surface area contributed by atoms with Crippen molar-refractivity contribution >= 4 is 17.4 Å². The zero-order valence-electron chi connectivity index (χ0n) is 24.5. The van der Waals surface area contributed by atoms with E-state index in [9.17, 15) is 14.7 Å². The average Bonchev–Trinajstić information content (AvgIpc) is 3.20. The first kappa shape index (κ1) is 30.8. The number of Topliss-reactive ketones (excluding diaryl/α,β-unsaturated/α-hetero) is 1. The Bertz CT molecular complexity index is 1250. The van der Waals surface area contributed by atoms with E-state index in [0.717, 1.165) is 18.7 Å². The van der Waals surface area contributed by atoms with Crippen LogP contribution >= 0.6 is 0 Å². The van der Waals surface area contributed by atoms with E-state index in [2.05, 4.69) is 39.2 Å². The van der Waals surface area contributed by atoms with Crippen LogP contribution in [0.1, 0.15) is 50.4 Å². The molecule has 1 amide bonds. The lowest BCUT2D eigenvalue weighted by Crippen LogP contribution is -2.38. The van der Waals surface area contributed by atoms with Gasteiger partial charge in [0.2, 0.25) is 0 Å². The van der Waals surface area contributed by atoms with Gasteiger partial charge in [-0.2, -0.15) is 0 Å². The summed E-state index contributed by atoms with van der Waals surface area (Å²) >= 11 is 0. The van der Waals surface area contributed by atoms with Gasteiger partial charge in [0, 0.05) is 18.7 Å². The molecule has 0 aliphatic carbocycles. The monoisotopic (exact) mass is 550 g/mol. The Morgan fingerprint density at radius 1 is 1.07 bits per heavy atom. The maximum Gasteiger partial charge on any atom is 0.295 e. The quantitative estimate of drug-likeness (QED) is 0.146. The molecular formula is C32H42N2O6. The van der Waals surface area contributed by atoms with Crippen molar-refractivity contribution in [2.24, 2.45) is 5.92 Å². The molecule has 0 spiro atoms. The molecule has 2 aromatic carbocycles. The highest BCUT2D eigenvalue weighted by atomic mass is 16.5. The third-order valence-electron chi connectivity index (χ3n) is 6.97. The Balaban J connectivity index is 2.11. The number of likely N-dealkylation sites (tertiary alicyclic amines) is 1. The number of aliphatic hydroxyl groups is 1. The number of rotatable bonds is 14. The molecule has 0 aromatic heterocycles. The summed E-state index contributed by atoms with van der Waals surface area (Å²) in [4.78, 5) is 30.6. The number of likely N-dealkylation sites (N-methyl/N-ethyl adjacent to an activating group) is 1. The van der Waals surface area contributed by atoms with Crippen LogP contribution in [0.4, 0.5) is 0 Å². The highest BCUT2D eigenvalue weighted by Gasteiger charge is 2.46. The molecule has 1 saturated heterocycles. The largest absolute Gasteiger partial charge is 0.507 e. The number of carbonyl (C=O) groups excluding carboxylic acids is 2. The highest BCUT2D eigenvalue weighted by molar-refractivity contribution is 6.46. The standard InChI is InChI=1S/C32H42N2O6/c1-8-17-39-26-14-11-23(19-27(26)38-7)29-28(31(36)32(37)34(29)16-15-33(9-2)10-3)30(35)24-12-13-25(22(6)18-24)40-20-21(4)5/h8,11-14,18-19,21,29,35H,1,9-10,15-17,20H2,2-7H3/b30-28+. The first-order valence-electron chi connectivity index (χ1n) is 13.8. The molecule has 8 nitrogen and oxygen atoms in total. The van der Waals surface area contributed by atoms with Gasteiger partial charge in [0.15, 0.2) is 11.5 Å². The molecule has 1 heterocycles. The van der Waals surface area contributed by atoms with Crippen molar-refractivity contribution < 1.29 is 28.9 Å². The van der Waals surface area contributed by atoms with Gasteiger partial charge in [-0.25, -0.2) is 0 Å². The summed E-state index contributed by atoms with van der Waals surface area (Å²) in [6.45, 7) is 17.2. The molecule has 0 radical (unpaired) electrons. The number of hydrogen-bond acceptors (Lipinski definition) is 7. The second kappa shape index (κ2) is 14.0. The van der Waals surface area contributed by atoms with Gasteiger partial charge in [0.1, 0.15) is 18.1 Å². The van der Waals surface area contributed by atoms with E-state index in [1.165, 1.54) is 12.0 Å². The van der Waals surface area contributed by atoms with Crippen molar-refractivity contribution in [2.45, 2.75) is 40.7 Å². The summed E-state index contributed by atoms with van der Waals surface area (Å²) in [5.41, 5.74) is 1.94. The SMILES string of the molecule is C=CCOc1ccc(C2/C(=C(\O)c3ccc(OCC(C)C)c(C)c3)C(=O)C(=O)N2CCN(CC)CC)cc1OC. The van der Waals surface area contributed by atoms with E-state index in [1.54, 1.807) is 42.5 Å². The number of aliphatic hydroxyl groups excluding tert-OH is 1. The number of carbonyl (C=O) groups is 2. The first-order chi connectivity index (χ1) is 19.2. The summed E-state index contributed by atoms with van der Waals surface area (Å²) in [5.74, 6) is 0.462. The lowest BCUT2D eigenvalue weighted by molar-refractivity contribution is -0.140. The van der Waals surface area contributed by atoms with Crippen molar-refractivity contribution in [1.29, 1.82) is 0 Å². The number of ether oxygens (including phenoxy) is 3. The molecule has 8 heteroatoms. The van der Waals surface area contributed by atoms with Crippen molar-refractivity contribution in [3.8, 4) is 17.2 Å². The van der Waals surface area contributed by atoms with E-state index in [1.807, 2.05) is 6.92 Å². The Morgan fingerprint density at radius 2 is 1.77 bits per heavy atom. The third kappa shape index (κ3) is 6.86. The van der Waals surface area contributed by atoms with Crippen LogP contribution < -0.4 is 14.2 Å². The fraction of sp³-hybridized carbons (Fsp3) is 0.438. The summed E-state index contributed by atoms with van der Waals surface area (Å²) in [5, 5.41) is 11.5. The van der Waals surface area contributed by atoms with Crippen LogP contribution in [-0.2, 0) is 9.59 Å². The summed E-state index contributed by atoms with van der Waals surface area (Å²) in [6.07, 6.45) is 1.64. The molecule has 3 rings (SSSR count). The summed E-state index contributed by atoms with van der Waals surface area (Å²) in [6, 6.07) is 9.77. The number of benzene rings is 2. The zero-order chi connectivity index (χ0) is 29.4. The normalized spacial score (nSPS) is 16.6. The third-order valence-corrected chi connectivity index (χ3v) is 6.97. The lowest BCUT2D eigenvalue weighted by Gasteiger charge is -2.28. The van der Waals surface area contributed by atoms with Gasteiger partial charge < -0.3 is 29.1 Å². The van der Waals surface area contributed by atoms with Gasteiger partial charge in [-0.3, -0.25) is 9.59 Å². The van der Waals surface area contributed by atoms with Crippen LogP contribution in [0.25, 0.3) is 5.76 Å². The molecule has 40 heavy (non-hydrogen) atoms. The van der Waals surface area contributed by atoms with Crippen LogP contribution in [0.3, 0.4) is 0 Å². The summed E-state index contributed by atoms with van der Waals surface area (Å²) in [7, 11) is 1.53. The predicted molar refractivity (Wildman–Crippen MR) is 157 cm³/mol. The highest BCUT2D eigenvalue weighted by Crippen LogP contribution is 2.42. The Morgan fingerprint density at radius 3 is 2.38 bits per heavy atom. The van der Waals surface area contributed by atoms with E-state index in [0.29, 0.717) is 60.6 Å². The van der Waals surface area contributed by atoms with E-state index in [4.69, 9.17) is 14.2 Å². The van der Waals surface area contributed by atoms with E-state index in [-0.39, 0.29) is 11.3 Å². The number of nitrogens with zero attached hydrogens (tertiary/aromatic N) is 2. The van der Waals surface area contributed by atoms with Crippen LogP contribution in [-0.4, -0.2) is 73.1 Å². The molecule has 1 atom stereocenters. The van der Waals surface area contributed by atoms with E-state index < -0.39 is 17.7 Å². The molecule has 1 fully saturated rings. The fourth-order valence-corrected chi connectivity index (χ4v) is 4.74. The zero-order valence-corrected chi connectivity index (χ0v) is 24.5. The number of hydrogen-bond donors (Lipinski definition) is 1. The van der Waals surface area contributed by atoms with Crippen molar-refractivity contribution in [3.63, 3.8) is 0 Å². The maximum atomic E-state index is 13.5. The van der Waals surface area contributed by atoms with Gasteiger partial charge in [0.25, 0.3) is 11.7 Å². The molecule has 1 aliphatic rings. The Labute approximate surface area is 237 Å². The second-order valence-electron chi connectivity index (χ2n) is 10.2. The van der Waals surface area contributed by atoms with Crippen LogP contribution in [0.15, 0.2) is 54.6 Å². The molecule has 0 bridgehead atoms. The second-order valence-corrected chi connectivity index (χ2v) is 10.2. The Kier molecular flexibility index (Phi) is 10.8. The minimum Gasteiger partial charge on any atom is -0.507 e. The minimum atomic E-state index is -0.796. The molecule has 2 aromatic rings. The number of amides is 1. The topological polar surface area (TPSA) is 88.5 Å². The van der Waals surface area contributed by atoms with Crippen molar-refractivity contribution in [2.75, 3.05) is 46.5 Å². The maximum absolute atomic E-state index is 13.5. The van der Waals surface area contributed by atoms with Crippen LogP contribution in [0, 0.1) is 12.8 Å². The Hall–Kier alpha value is -3.78. The molecular weight excluding hydrogens is 508 g/mol. The van der Waals surface area contributed by atoms with Gasteiger partial charge in [-0.1, -0.05) is 46.4 Å². The number of ketones is 1. The lowest BCUT2D eigenvalue weighted by atomic mass is 9.94. The van der Waals surface area contributed by atoms with Crippen LogP contribution in [0.5, 0.6) is 17.2 Å². The smallest absolute Gasteiger partial charge is 0.295 e. The van der Waals surface area contributed by atoms with Gasteiger partial charge in [-0.05, 0) is 67.4 Å². The molecule has 1 unspecified atom stereocenters. The molecule has 1 aliphatic heterocycles. The van der Waals surface area contributed by atoms with Gasteiger partial charge in [-0.15, -0.1) is 0 Å². The fourth-order valence-electron chi connectivity index (χ4n) is 4.74. The van der Waals surface area contributed by atoms with E-state index >= 15 is 0 Å². The molecule has 216 valence electrons. The average molecular weight is 551 g/mol. The number of aryl methyl sites for hydroxylation is 1. The van der Waals surface area contributed by atoms with Crippen molar-refractivity contribution in [1.82, 2.24) is 9.80 Å². The molecule has 0 saturated carbocycles. The van der Waals surface area contributed by atoms with Crippen LogP contribution in [0.2, 0.25) is 0 Å². The predicted octanol–water partition coefficient (Wildman–Crippen LogP) is 5.37. The van der Waals surface area contributed by atoms with Crippen molar-refractivity contribution in [3.05, 3.63) is 71.3 Å². The van der Waals surface area contributed by atoms with Gasteiger partial charge >= 0.3 is 0 Å².